The van der Waals surface area contributed by atoms with Crippen LogP contribution >= 0.6 is 0 Å². The number of aliphatic hydroxyl groups is 1. The first-order valence-electron chi connectivity index (χ1n) is 10.5. The lowest BCUT2D eigenvalue weighted by atomic mass is 10.3. The second-order valence-electron chi connectivity index (χ2n) is 9.63. The van der Waals surface area contributed by atoms with Crippen molar-refractivity contribution in [1.29, 1.82) is 0 Å². The Labute approximate surface area is 164 Å². The van der Waals surface area contributed by atoms with Crippen LogP contribution in [0.2, 0.25) is 50.9 Å². The van der Waals surface area contributed by atoms with E-state index in [1.54, 1.807) is 0 Å². The van der Waals surface area contributed by atoms with Crippen LogP contribution in [0.1, 0.15) is 13.3 Å². The van der Waals surface area contributed by atoms with E-state index in [2.05, 4.69) is 49.7 Å². The molecule has 1 unspecified atom stereocenters. The topological polar surface area (TPSA) is 45.2 Å². The van der Waals surface area contributed by atoms with Gasteiger partial charge in [0.25, 0.3) is 0 Å². The molecule has 0 bridgehead atoms. The lowest BCUT2D eigenvalue weighted by Crippen LogP contribution is -2.51. The molecule has 0 aromatic heterocycles. The van der Waals surface area contributed by atoms with Crippen LogP contribution in [0, 0.1) is 0 Å². The Morgan fingerprint density at radius 3 is 2.31 bits per heavy atom. The van der Waals surface area contributed by atoms with Gasteiger partial charge < -0.3 is 14.6 Å². The highest BCUT2D eigenvalue weighted by molar-refractivity contribution is 6.82. The van der Waals surface area contributed by atoms with E-state index in [1.165, 1.54) is 18.1 Å². The zero-order valence-electron chi connectivity index (χ0n) is 18.2. The minimum Gasteiger partial charge on any atom is -0.389 e. The lowest BCUT2D eigenvalue weighted by molar-refractivity contribution is -0.109. The van der Waals surface area contributed by atoms with Crippen LogP contribution in [0.3, 0.4) is 0 Å². The van der Waals surface area contributed by atoms with Crippen LogP contribution in [0.25, 0.3) is 0 Å². The second-order valence-corrected chi connectivity index (χ2v) is 20.6. The highest BCUT2D eigenvalue weighted by atomic mass is 28.3. The maximum absolute atomic E-state index is 10.3. The highest BCUT2D eigenvalue weighted by Crippen LogP contribution is 2.24. The number of aliphatic hydroxyl groups excluding tert-OH is 1. The van der Waals surface area contributed by atoms with Crippen molar-refractivity contribution >= 4 is 16.1 Å². The van der Waals surface area contributed by atoms with Gasteiger partial charge in [0.15, 0.2) is 0 Å². The first-order chi connectivity index (χ1) is 12.1. The molecule has 0 saturated carbocycles. The summed E-state index contributed by atoms with van der Waals surface area (Å²) in [5, 5.41) is 14.8. The Morgan fingerprint density at radius 1 is 1.08 bits per heavy atom. The molecule has 156 valence electrons. The van der Waals surface area contributed by atoms with Crippen LogP contribution in [0.5, 0.6) is 0 Å². The maximum atomic E-state index is 10.3. The van der Waals surface area contributed by atoms with E-state index in [4.69, 9.17) is 9.47 Å². The van der Waals surface area contributed by atoms with Crippen LogP contribution < -0.4 is 0 Å². The molecule has 1 fully saturated rings. The fraction of sp³-hybridized carbons (Fsp3) is 1.00. The molecule has 0 radical (unpaired) electrons. The zero-order valence-corrected chi connectivity index (χ0v) is 20.2. The predicted octanol–water partition coefficient (Wildman–Crippen LogP) is 3.37. The van der Waals surface area contributed by atoms with Gasteiger partial charge in [-0.2, -0.15) is 0 Å². The molecule has 1 aliphatic heterocycles. The molecule has 0 aliphatic carbocycles. The van der Waals surface area contributed by atoms with Crippen LogP contribution in [0.4, 0.5) is 0 Å². The van der Waals surface area contributed by atoms with Gasteiger partial charge in [0.2, 0.25) is 0 Å². The van der Waals surface area contributed by atoms with Gasteiger partial charge in [-0.25, -0.2) is 10.0 Å². The van der Waals surface area contributed by atoms with E-state index >= 15 is 0 Å². The van der Waals surface area contributed by atoms with Gasteiger partial charge in [-0.1, -0.05) is 57.8 Å². The summed E-state index contributed by atoms with van der Waals surface area (Å²) in [6.07, 6.45) is 0.716. The van der Waals surface area contributed by atoms with Gasteiger partial charge in [0.05, 0.1) is 25.9 Å². The smallest absolute Gasteiger partial charge is 0.0914 e. The number of nitrogens with zero attached hydrogens (tertiary/aromatic N) is 2. The Bertz CT molecular complexity index is 372. The summed E-state index contributed by atoms with van der Waals surface area (Å²) in [6.45, 7) is 20.7. The van der Waals surface area contributed by atoms with Gasteiger partial charge in [-0.15, -0.1) is 0 Å². The van der Waals surface area contributed by atoms with Crippen LogP contribution in [-0.4, -0.2) is 90.0 Å². The summed E-state index contributed by atoms with van der Waals surface area (Å²) in [6, 6.07) is 4.25. The summed E-state index contributed by atoms with van der Waals surface area (Å²) >= 11 is 0. The molecule has 7 heteroatoms. The van der Waals surface area contributed by atoms with Crippen molar-refractivity contribution in [2.45, 2.75) is 70.3 Å². The number of morpholine rings is 1. The third kappa shape index (κ3) is 11.2. The van der Waals surface area contributed by atoms with Crippen LogP contribution in [-0.2, 0) is 9.47 Å². The molecular weight excluding hydrogens is 360 g/mol. The van der Waals surface area contributed by atoms with Gasteiger partial charge in [-0.05, 0) is 6.42 Å². The van der Waals surface area contributed by atoms with E-state index in [9.17, 15) is 5.11 Å². The Kier molecular flexibility index (Phi) is 11.1. The summed E-state index contributed by atoms with van der Waals surface area (Å²) in [5.41, 5.74) is 0. The summed E-state index contributed by atoms with van der Waals surface area (Å²) < 4.78 is 11.2. The largest absolute Gasteiger partial charge is 0.389 e. The van der Waals surface area contributed by atoms with E-state index < -0.39 is 22.3 Å². The van der Waals surface area contributed by atoms with E-state index in [1.807, 2.05) is 0 Å². The molecule has 1 atom stereocenters. The SMILES string of the molecule is CCN(CC(O)COCCC[Si](C)(C)CC[Si](C)(C)C)N1CCOCC1. The fourth-order valence-corrected chi connectivity index (χ4v) is 10.3. The third-order valence-corrected chi connectivity index (χ3v) is 10.7. The van der Waals surface area contributed by atoms with Gasteiger partial charge in [0, 0.05) is 48.9 Å². The number of hydrazine groups is 1. The number of hydrogen-bond acceptors (Lipinski definition) is 5. The van der Waals surface area contributed by atoms with Crippen molar-refractivity contribution in [1.82, 2.24) is 10.0 Å². The first-order valence-corrected chi connectivity index (χ1v) is 17.6. The van der Waals surface area contributed by atoms with Crippen molar-refractivity contribution in [2.75, 3.05) is 52.6 Å². The number of ether oxygens (including phenoxy) is 2. The normalized spacial score (nSPS) is 18.5. The van der Waals surface area contributed by atoms with Gasteiger partial charge in [-0.3, -0.25) is 0 Å². The fourth-order valence-electron chi connectivity index (χ4n) is 3.29. The molecule has 0 amide bonds. The molecule has 1 N–H and O–H groups in total. The minimum atomic E-state index is -1.08. The van der Waals surface area contributed by atoms with Crippen molar-refractivity contribution in [2.24, 2.45) is 0 Å². The number of rotatable bonds is 13. The first kappa shape index (κ1) is 24.3. The summed E-state index contributed by atoms with van der Waals surface area (Å²) in [7, 11) is -2.00. The number of hydrogen-bond donors (Lipinski definition) is 1. The molecule has 5 nitrogen and oxygen atoms in total. The third-order valence-electron chi connectivity index (χ3n) is 5.18. The molecule has 1 aliphatic rings. The Hall–Kier alpha value is 0.234. The maximum Gasteiger partial charge on any atom is 0.0914 e. The molecule has 26 heavy (non-hydrogen) atoms. The Balaban J connectivity index is 2.15. The Morgan fingerprint density at radius 2 is 1.73 bits per heavy atom. The van der Waals surface area contributed by atoms with Gasteiger partial charge >= 0.3 is 0 Å². The zero-order chi connectivity index (χ0) is 19.6. The van der Waals surface area contributed by atoms with Crippen molar-refractivity contribution < 1.29 is 14.6 Å². The van der Waals surface area contributed by atoms with Crippen molar-refractivity contribution in [3.05, 3.63) is 0 Å². The predicted molar refractivity (Wildman–Crippen MR) is 116 cm³/mol. The molecule has 0 aromatic rings. The number of likely N-dealkylation sites (N-methyl/N-ethyl adjacent to an activating group) is 1. The van der Waals surface area contributed by atoms with E-state index in [0.717, 1.165) is 45.9 Å². The minimum absolute atomic E-state index is 0.421. The quantitative estimate of drug-likeness (QED) is 0.377. The van der Waals surface area contributed by atoms with Crippen LogP contribution in [0.15, 0.2) is 0 Å². The highest BCUT2D eigenvalue weighted by Gasteiger charge is 2.24. The second kappa shape index (κ2) is 11.9. The molecular formula is C19H44N2O3Si2. The summed E-state index contributed by atoms with van der Waals surface area (Å²) in [4.78, 5) is 0. The van der Waals surface area contributed by atoms with E-state index in [-0.39, 0.29) is 0 Å². The molecule has 0 aromatic carbocycles. The molecule has 1 heterocycles. The molecule has 0 spiro atoms. The average molecular weight is 405 g/mol. The van der Waals surface area contributed by atoms with E-state index in [0.29, 0.717) is 13.2 Å². The van der Waals surface area contributed by atoms with Crippen molar-refractivity contribution in [3.63, 3.8) is 0 Å². The molecule has 1 saturated heterocycles. The molecule has 1 rings (SSSR count). The monoisotopic (exact) mass is 404 g/mol. The van der Waals surface area contributed by atoms with Crippen molar-refractivity contribution in [3.8, 4) is 0 Å². The summed E-state index contributed by atoms with van der Waals surface area (Å²) in [5.74, 6) is 0. The average Bonchev–Trinajstić information content (AvgIpc) is 2.58. The standard InChI is InChI=1S/C19H44N2O3Si2/c1-7-20(21-9-12-23-13-10-21)17-19(22)18-24-11-8-14-26(5,6)16-15-25(2,3)4/h19,22H,7-18H2,1-6H3. The lowest BCUT2D eigenvalue weighted by Gasteiger charge is -2.37. The van der Waals surface area contributed by atoms with Gasteiger partial charge in [0.1, 0.15) is 0 Å².